The van der Waals surface area contributed by atoms with Crippen LogP contribution in [0.1, 0.15) is 12.5 Å². The van der Waals surface area contributed by atoms with Crippen LogP contribution in [0.5, 0.6) is 0 Å². The van der Waals surface area contributed by atoms with Crippen LogP contribution in [0.25, 0.3) is 22.2 Å². The summed E-state index contributed by atoms with van der Waals surface area (Å²) < 4.78 is 1.75. The van der Waals surface area contributed by atoms with E-state index in [-0.39, 0.29) is 5.56 Å². The van der Waals surface area contributed by atoms with E-state index in [4.69, 9.17) is 0 Å². The van der Waals surface area contributed by atoms with E-state index < -0.39 is 0 Å². The first-order chi connectivity index (χ1) is 9.19. The lowest BCUT2D eigenvalue weighted by molar-refractivity contribution is 0.669. The first-order valence-corrected chi connectivity index (χ1v) is 6.19. The Kier molecular flexibility index (Phi) is 2.67. The van der Waals surface area contributed by atoms with Crippen molar-refractivity contribution in [3.05, 3.63) is 46.6 Å². The molecule has 3 aromatic heterocycles. The first kappa shape index (κ1) is 11.6. The standard InChI is InChI=1S/C14H14N4O/c1-3-18-13-12(14(19)17-18)5-11(8-16-13)10-4-9(2)6-15-7-10/h4-8H,3H2,1-2H3,(H,17,19). The molecule has 96 valence electrons. The Hall–Kier alpha value is -2.43. The second-order valence-electron chi connectivity index (χ2n) is 4.53. The molecule has 3 heterocycles. The molecule has 0 saturated heterocycles. The Bertz CT molecular complexity index is 801. The van der Waals surface area contributed by atoms with Gasteiger partial charge in [-0.15, -0.1) is 0 Å². The van der Waals surface area contributed by atoms with Gasteiger partial charge in [0.2, 0.25) is 0 Å². The molecule has 0 fully saturated rings. The summed E-state index contributed by atoms with van der Waals surface area (Å²) in [5.74, 6) is 0. The van der Waals surface area contributed by atoms with E-state index >= 15 is 0 Å². The van der Waals surface area contributed by atoms with E-state index in [0.29, 0.717) is 17.6 Å². The van der Waals surface area contributed by atoms with Crippen molar-refractivity contribution in [3.8, 4) is 11.1 Å². The predicted molar refractivity (Wildman–Crippen MR) is 74.0 cm³/mol. The summed E-state index contributed by atoms with van der Waals surface area (Å²) in [6, 6.07) is 3.89. The fourth-order valence-electron chi connectivity index (χ4n) is 2.17. The number of H-pyrrole nitrogens is 1. The number of rotatable bonds is 2. The summed E-state index contributed by atoms with van der Waals surface area (Å²) in [6.45, 7) is 4.65. The number of hydrogen-bond acceptors (Lipinski definition) is 3. The quantitative estimate of drug-likeness (QED) is 0.761. The fourth-order valence-corrected chi connectivity index (χ4v) is 2.17. The molecular formula is C14H14N4O. The van der Waals surface area contributed by atoms with Crippen molar-refractivity contribution in [2.24, 2.45) is 0 Å². The van der Waals surface area contributed by atoms with E-state index in [1.165, 1.54) is 0 Å². The van der Waals surface area contributed by atoms with E-state index in [9.17, 15) is 4.79 Å². The van der Waals surface area contributed by atoms with Crippen molar-refractivity contribution in [1.82, 2.24) is 19.7 Å². The maximum absolute atomic E-state index is 11.9. The molecule has 0 aromatic carbocycles. The molecule has 0 unspecified atom stereocenters. The van der Waals surface area contributed by atoms with Gasteiger partial charge in [-0.05, 0) is 31.5 Å². The Balaban J connectivity index is 2.22. The van der Waals surface area contributed by atoms with Crippen LogP contribution in [0.3, 0.4) is 0 Å². The Morgan fingerprint density at radius 2 is 2.00 bits per heavy atom. The lowest BCUT2D eigenvalue weighted by Gasteiger charge is -2.03. The first-order valence-electron chi connectivity index (χ1n) is 6.19. The monoisotopic (exact) mass is 254 g/mol. The van der Waals surface area contributed by atoms with Crippen molar-refractivity contribution in [1.29, 1.82) is 0 Å². The Morgan fingerprint density at radius 1 is 1.21 bits per heavy atom. The summed E-state index contributed by atoms with van der Waals surface area (Å²) in [5, 5.41) is 3.39. The highest BCUT2D eigenvalue weighted by molar-refractivity contribution is 5.80. The van der Waals surface area contributed by atoms with E-state index in [1.54, 1.807) is 23.3 Å². The second kappa shape index (κ2) is 4.35. The summed E-state index contributed by atoms with van der Waals surface area (Å²) in [4.78, 5) is 20.4. The van der Waals surface area contributed by atoms with Crippen molar-refractivity contribution in [2.45, 2.75) is 20.4 Å². The Morgan fingerprint density at radius 3 is 2.74 bits per heavy atom. The van der Waals surface area contributed by atoms with Crippen LogP contribution < -0.4 is 5.56 Å². The SMILES string of the molecule is CCn1[nH]c(=O)c2cc(-c3cncc(C)c3)cnc21. The van der Waals surface area contributed by atoms with Crippen LogP contribution in [0, 0.1) is 6.92 Å². The highest BCUT2D eigenvalue weighted by Crippen LogP contribution is 2.21. The molecule has 0 saturated carbocycles. The molecule has 0 spiro atoms. The van der Waals surface area contributed by atoms with Crippen LogP contribution in [0.15, 0.2) is 35.5 Å². The minimum atomic E-state index is -0.105. The average Bonchev–Trinajstić information content (AvgIpc) is 2.75. The van der Waals surface area contributed by atoms with Gasteiger partial charge in [0.15, 0.2) is 5.65 Å². The maximum atomic E-state index is 11.9. The van der Waals surface area contributed by atoms with Gasteiger partial charge in [0, 0.05) is 36.3 Å². The smallest absolute Gasteiger partial charge is 0.268 e. The third kappa shape index (κ3) is 1.93. The molecule has 0 atom stereocenters. The van der Waals surface area contributed by atoms with Crippen LogP contribution in [-0.2, 0) is 6.54 Å². The van der Waals surface area contributed by atoms with Crippen molar-refractivity contribution in [2.75, 3.05) is 0 Å². The number of nitrogens with zero attached hydrogens (tertiary/aromatic N) is 3. The molecule has 5 heteroatoms. The number of aromatic nitrogens is 4. The number of pyridine rings is 2. The fraction of sp³-hybridized carbons (Fsp3) is 0.214. The zero-order valence-electron chi connectivity index (χ0n) is 10.8. The lowest BCUT2D eigenvalue weighted by Crippen LogP contribution is -2.03. The molecule has 0 aliphatic rings. The molecule has 0 amide bonds. The zero-order chi connectivity index (χ0) is 13.4. The predicted octanol–water partition coefficient (Wildman–Crippen LogP) is 2.11. The van der Waals surface area contributed by atoms with Gasteiger partial charge in [-0.25, -0.2) is 4.98 Å². The van der Waals surface area contributed by atoms with Gasteiger partial charge < -0.3 is 0 Å². The normalized spacial score (nSPS) is 11.1. The molecule has 0 radical (unpaired) electrons. The Labute approximate surface area is 109 Å². The van der Waals surface area contributed by atoms with Gasteiger partial charge in [-0.2, -0.15) is 0 Å². The van der Waals surface area contributed by atoms with Gasteiger partial charge in [-0.1, -0.05) is 0 Å². The lowest BCUT2D eigenvalue weighted by atomic mass is 10.1. The van der Waals surface area contributed by atoms with E-state index in [0.717, 1.165) is 16.7 Å². The zero-order valence-corrected chi connectivity index (χ0v) is 10.8. The number of aromatic amines is 1. The van der Waals surface area contributed by atoms with E-state index in [2.05, 4.69) is 15.1 Å². The maximum Gasteiger partial charge on any atom is 0.273 e. The number of fused-ring (bicyclic) bond motifs is 1. The van der Waals surface area contributed by atoms with Gasteiger partial charge in [0.1, 0.15) is 0 Å². The minimum Gasteiger partial charge on any atom is -0.268 e. The highest BCUT2D eigenvalue weighted by atomic mass is 16.1. The molecule has 1 N–H and O–H groups in total. The van der Waals surface area contributed by atoms with Gasteiger partial charge >= 0.3 is 0 Å². The molecule has 5 nitrogen and oxygen atoms in total. The summed E-state index contributed by atoms with van der Waals surface area (Å²) in [6.07, 6.45) is 5.36. The number of hydrogen-bond donors (Lipinski definition) is 1. The number of aryl methyl sites for hydroxylation is 2. The van der Waals surface area contributed by atoms with Crippen LogP contribution in [-0.4, -0.2) is 19.7 Å². The van der Waals surface area contributed by atoms with Crippen LogP contribution >= 0.6 is 0 Å². The van der Waals surface area contributed by atoms with Crippen molar-refractivity contribution in [3.63, 3.8) is 0 Å². The van der Waals surface area contributed by atoms with Crippen molar-refractivity contribution < 1.29 is 0 Å². The minimum absolute atomic E-state index is 0.105. The topological polar surface area (TPSA) is 63.6 Å². The van der Waals surface area contributed by atoms with Gasteiger partial charge in [0.25, 0.3) is 5.56 Å². The van der Waals surface area contributed by atoms with Gasteiger partial charge in [0.05, 0.1) is 5.39 Å². The molecule has 19 heavy (non-hydrogen) atoms. The van der Waals surface area contributed by atoms with Crippen LogP contribution in [0.2, 0.25) is 0 Å². The average molecular weight is 254 g/mol. The van der Waals surface area contributed by atoms with Crippen LogP contribution in [0.4, 0.5) is 0 Å². The third-order valence-electron chi connectivity index (χ3n) is 3.13. The molecular weight excluding hydrogens is 240 g/mol. The largest absolute Gasteiger partial charge is 0.273 e. The molecule has 3 aromatic rings. The molecule has 0 bridgehead atoms. The summed E-state index contributed by atoms with van der Waals surface area (Å²) >= 11 is 0. The third-order valence-corrected chi connectivity index (χ3v) is 3.13. The molecule has 0 aliphatic carbocycles. The van der Waals surface area contributed by atoms with Gasteiger partial charge in [-0.3, -0.25) is 19.6 Å². The summed E-state index contributed by atoms with van der Waals surface area (Å²) in [7, 11) is 0. The molecule has 0 aliphatic heterocycles. The van der Waals surface area contributed by atoms with E-state index in [1.807, 2.05) is 26.0 Å². The number of nitrogens with one attached hydrogen (secondary N) is 1. The van der Waals surface area contributed by atoms with Crippen molar-refractivity contribution >= 4 is 11.0 Å². The second-order valence-corrected chi connectivity index (χ2v) is 4.53. The highest BCUT2D eigenvalue weighted by Gasteiger charge is 2.09. The summed E-state index contributed by atoms with van der Waals surface area (Å²) in [5.41, 5.74) is 3.54. The molecule has 3 rings (SSSR count).